The van der Waals surface area contributed by atoms with Crippen molar-refractivity contribution < 1.29 is 13.3 Å². The lowest BCUT2D eigenvalue weighted by molar-refractivity contribution is -0.384. The Hall–Kier alpha value is -1.87. The molecule has 0 unspecified atom stereocenters. The fourth-order valence-electron chi connectivity index (χ4n) is 3.36. The predicted molar refractivity (Wildman–Crippen MR) is 93.0 cm³/mol. The fourth-order valence-corrected chi connectivity index (χ4v) is 4.49. The summed E-state index contributed by atoms with van der Waals surface area (Å²) < 4.78 is 25.4. The minimum absolute atomic E-state index is 0.0408. The molecule has 0 atom stereocenters. The number of nitro benzene ring substituents is 1. The topological polar surface area (TPSA) is 105 Å². The summed E-state index contributed by atoms with van der Waals surface area (Å²) in [6.07, 6.45) is 2.05. The highest BCUT2D eigenvalue weighted by Gasteiger charge is 2.30. The molecule has 1 saturated heterocycles. The monoisotopic (exact) mass is 354 g/mol. The van der Waals surface area contributed by atoms with Crippen molar-refractivity contribution in [1.82, 2.24) is 4.31 Å². The number of nitrogens with zero attached hydrogens (tertiary/aromatic N) is 2. The van der Waals surface area contributed by atoms with Crippen LogP contribution in [0.4, 0.5) is 17.1 Å². The van der Waals surface area contributed by atoms with Gasteiger partial charge in [0.25, 0.3) is 5.69 Å². The van der Waals surface area contributed by atoms with Crippen molar-refractivity contribution in [3.05, 3.63) is 27.8 Å². The molecule has 24 heavy (non-hydrogen) atoms. The maximum atomic E-state index is 11.9. The molecule has 1 aromatic rings. The number of piperidine rings is 1. The summed E-state index contributed by atoms with van der Waals surface area (Å²) in [4.78, 5) is 11.0. The number of nitrogens with one attached hydrogen (secondary N) is 2. The molecule has 2 aliphatic heterocycles. The van der Waals surface area contributed by atoms with Crippen LogP contribution in [-0.4, -0.2) is 49.1 Å². The molecule has 2 heterocycles. The van der Waals surface area contributed by atoms with Gasteiger partial charge in [-0.2, -0.15) is 0 Å². The first-order chi connectivity index (χ1) is 11.4. The van der Waals surface area contributed by atoms with E-state index in [2.05, 4.69) is 10.6 Å². The molecular formula is C15H22N4O4S. The Labute approximate surface area is 141 Å². The van der Waals surface area contributed by atoms with Crippen LogP contribution in [0, 0.1) is 10.1 Å². The summed E-state index contributed by atoms with van der Waals surface area (Å²) in [6.45, 7) is 3.32. The lowest BCUT2D eigenvalue weighted by Crippen LogP contribution is -2.43. The largest absolute Gasteiger partial charge is 0.384 e. The van der Waals surface area contributed by atoms with Gasteiger partial charge in [0.2, 0.25) is 10.0 Å². The normalized spacial score (nSPS) is 18.9. The zero-order valence-corrected chi connectivity index (χ0v) is 14.4. The molecule has 0 aliphatic carbocycles. The second kappa shape index (κ2) is 6.56. The van der Waals surface area contributed by atoms with E-state index in [4.69, 9.17) is 0 Å². The van der Waals surface area contributed by atoms with Crippen molar-refractivity contribution in [2.24, 2.45) is 0 Å². The molecule has 0 spiro atoms. The van der Waals surface area contributed by atoms with Crippen molar-refractivity contribution in [2.45, 2.75) is 32.2 Å². The van der Waals surface area contributed by atoms with Gasteiger partial charge >= 0.3 is 0 Å². The summed E-state index contributed by atoms with van der Waals surface area (Å²) in [5.74, 6) is 0.106. The van der Waals surface area contributed by atoms with Gasteiger partial charge in [0.05, 0.1) is 10.7 Å². The molecule has 9 heteroatoms. The third-order valence-electron chi connectivity index (χ3n) is 4.74. The number of hydrogen-bond acceptors (Lipinski definition) is 6. The minimum atomic E-state index is -3.16. The molecule has 1 aromatic carbocycles. The second-order valence-electron chi connectivity index (χ2n) is 6.14. The molecule has 0 aromatic heterocycles. The molecule has 0 amide bonds. The van der Waals surface area contributed by atoms with Gasteiger partial charge in [-0.15, -0.1) is 0 Å². The van der Waals surface area contributed by atoms with Crippen LogP contribution in [0.3, 0.4) is 0 Å². The fraction of sp³-hybridized carbons (Fsp3) is 0.600. The van der Waals surface area contributed by atoms with Gasteiger partial charge in [0, 0.05) is 43.0 Å². The van der Waals surface area contributed by atoms with Crippen LogP contribution >= 0.6 is 0 Å². The first kappa shape index (κ1) is 17.0. The number of hydrogen-bond donors (Lipinski definition) is 2. The zero-order chi connectivity index (χ0) is 17.3. The van der Waals surface area contributed by atoms with Gasteiger partial charge < -0.3 is 10.6 Å². The van der Waals surface area contributed by atoms with Crippen molar-refractivity contribution in [1.29, 1.82) is 0 Å². The number of nitro groups is 1. The number of anilines is 2. The lowest BCUT2D eigenvalue weighted by Gasteiger charge is -2.32. The number of benzene rings is 1. The predicted octanol–water partition coefficient (Wildman–Crippen LogP) is 1.79. The van der Waals surface area contributed by atoms with E-state index in [-0.39, 0.29) is 22.4 Å². The van der Waals surface area contributed by atoms with E-state index in [1.807, 2.05) is 0 Å². The van der Waals surface area contributed by atoms with Gasteiger partial charge in [-0.05, 0) is 32.3 Å². The lowest BCUT2D eigenvalue weighted by atomic mass is 10.0. The van der Waals surface area contributed by atoms with Crippen molar-refractivity contribution in [3.8, 4) is 0 Å². The standard InChI is InChI=1S/C15H22N4O4S/c1-2-24(22,23)18-9-6-11(7-10-18)17-15-12-5-8-16-13(12)3-4-14(15)19(20)21/h3-4,11,16-17H,2,5-10H2,1H3. The van der Waals surface area contributed by atoms with E-state index in [0.29, 0.717) is 31.6 Å². The number of rotatable bonds is 5. The van der Waals surface area contributed by atoms with Crippen LogP contribution in [0.25, 0.3) is 0 Å². The van der Waals surface area contributed by atoms with Crippen LogP contribution < -0.4 is 10.6 Å². The van der Waals surface area contributed by atoms with Crippen molar-refractivity contribution >= 4 is 27.1 Å². The van der Waals surface area contributed by atoms with E-state index >= 15 is 0 Å². The van der Waals surface area contributed by atoms with Gasteiger partial charge in [-0.25, -0.2) is 12.7 Å². The quantitative estimate of drug-likeness (QED) is 0.617. The molecule has 3 rings (SSSR count). The summed E-state index contributed by atoms with van der Waals surface area (Å²) in [5.41, 5.74) is 2.56. The highest BCUT2D eigenvalue weighted by Crippen LogP contribution is 2.38. The Bertz CT molecular complexity index is 742. The molecular weight excluding hydrogens is 332 g/mol. The van der Waals surface area contributed by atoms with E-state index in [0.717, 1.165) is 24.2 Å². The van der Waals surface area contributed by atoms with Gasteiger partial charge in [0.15, 0.2) is 0 Å². The Morgan fingerprint density at radius 1 is 1.38 bits per heavy atom. The Morgan fingerprint density at radius 2 is 2.08 bits per heavy atom. The van der Waals surface area contributed by atoms with Crippen molar-refractivity contribution in [2.75, 3.05) is 36.0 Å². The molecule has 0 saturated carbocycles. The van der Waals surface area contributed by atoms with Crippen LogP contribution in [0.15, 0.2) is 12.1 Å². The zero-order valence-electron chi connectivity index (χ0n) is 13.6. The third-order valence-corrected chi connectivity index (χ3v) is 6.62. The average molecular weight is 354 g/mol. The minimum Gasteiger partial charge on any atom is -0.384 e. The average Bonchev–Trinajstić information content (AvgIpc) is 3.04. The Balaban J connectivity index is 1.76. The Kier molecular flexibility index (Phi) is 4.64. The molecule has 2 N–H and O–H groups in total. The maximum Gasteiger partial charge on any atom is 0.292 e. The van der Waals surface area contributed by atoms with Gasteiger partial charge in [-0.3, -0.25) is 10.1 Å². The third kappa shape index (κ3) is 3.18. The van der Waals surface area contributed by atoms with Crippen LogP contribution in [-0.2, 0) is 16.4 Å². The van der Waals surface area contributed by atoms with Gasteiger partial charge in [0.1, 0.15) is 5.69 Å². The summed E-state index contributed by atoms with van der Waals surface area (Å²) in [6, 6.07) is 3.32. The molecule has 0 bridgehead atoms. The molecule has 132 valence electrons. The first-order valence-corrected chi connectivity index (χ1v) is 9.82. The number of fused-ring (bicyclic) bond motifs is 1. The van der Waals surface area contributed by atoms with Crippen LogP contribution in [0.2, 0.25) is 0 Å². The highest BCUT2D eigenvalue weighted by atomic mass is 32.2. The Morgan fingerprint density at radius 3 is 2.71 bits per heavy atom. The molecule has 0 radical (unpaired) electrons. The van der Waals surface area contributed by atoms with Crippen molar-refractivity contribution in [3.63, 3.8) is 0 Å². The van der Waals surface area contributed by atoms with E-state index in [1.165, 1.54) is 10.4 Å². The van der Waals surface area contributed by atoms with E-state index in [1.54, 1.807) is 13.0 Å². The van der Waals surface area contributed by atoms with Gasteiger partial charge in [-0.1, -0.05) is 0 Å². The van der Waals surface area contributed by atoms with Crippen LogP contribution in [0.5, 0.6) is 0 Å². The first-order valence-electron chi connectivity index (χ1n) is 8.21. The van der Waals surface area contributed by atoms with E-state index < -0.39 is 10.0 Å². The molecule has 2 aliphatic rings. The smallest absolute Gasteiger partial charge is 0.292 e. The molecule has 8 nitrogen and oxygen atoms in total. The summed E-state index contributed by atoms with van der Waals surface area (Å²) in [5, 5.41) is 17.9. The SMILES string of the molecule is CCS(=O)(=O)N1CCC(Nc2c([N+](=O)[O-])ccc3c2CCN3)CC1. The summed E-state index contributed by atoms with van der Waals surface area (Å²) >= 11 is 0. The summed E-state index contributed by atoms with van der Waals surface area (Å²) in [7, 11) is -3.16. The maximum absolute atomic E-state index is 11.9. The second-order valence-corrected chi connectivity index (χ2v) is 8.40. The highest BCUT2D eigenvalue weighted by molar-refractivity contribution is 7.89. The van der Waals surface area contributed by atoms with Crippen LogP contribution in [0.1, 0.15) is 25.3 Å². The molecule has 1 fully saturated rings. The van der Waals surface area contributed by atoms with E-state index in [9.17, 15) is 18.5 Å². The number of sulfonamides is 1.